The van der Waals surface area contributed by atoms with Gasteiger partial charge in [0, 0.05) is 25.4 Å². The van der Waals surface area contributed by atoms with Crippen LogP contribution in [-0.2, 0) is 4.79 Å². The van der Waals surface area contributed by atoms with E-state index in [4.69, 9.17) is 5.11 Å². The van der Waals surface area contributed by atoms with E-state index in [2.05, 4.69) is 20.5 Å². The Balaban J connectivity index is 1.56. The van der Waals surface area contributed by atoms with E-state index in [1.54, 1.807) is 0 Å². The van der Waals surface area contributed by atoms with Crippen molar-refractivity contribution in [3.8, 4) is 0 Å². The molecule has 0 unspecified atom stereocenters. The first kappa shape index (κ1) is 21.1. The molecule has 0 atom stereocenters. The van der Waals surface area contributed by atoms with Crippen LogP contribution in [0, 0.1) is 5.92 Å². The molecule has 1 fully saturated rings. The van der Waals surface area contributed by atoms with Crippen LogP contribution in [0.15, 0.2) is 42.5 Å². The average Bonchev–Trinajstić information content (AvgIpc) is 3.22. The standard InChI is InChI=1S/C22H24N4O4S/c27-13-14-7-9-26(10-8-14)22-25-20(23-12-18(28)29)19(31-22)21(30)24-17-6-5-15-3-1-2-4-16(15)11-17/h1-6,11,14,23,27H,7-10,12-13H2,(H,24,30)(H,28,29). The van der Waals surface area contributed by atoms with E-state index >= 15 is 0 Å². The molecular formula is C22H24N4O4S. The van der Waals surface area contributed by atoms with Crippen molar-refractivity contribution in [2.75, 3.05) is 41.8 Å². The SMILES string of the molecule is O=C(O)CNc1nc(N2CCC(CO)CC2)sc1C(=O)Nc1ccc2ccccc2c1. The quantitative estimate of drug-likeness (QED) is 0.446. The number of aliphatic hydroxyl groups is 1. The molecule has 0 bridgehead atoms. The number of nitrogens with zero attached hydrogens (tertiary/aromatic N) is 2. The minimum Gasteiger partial charge on any atom is -0.480 e. The molecule has 1 amide bonds. The number of hydrogen-bond acceptors (Lipinski definition) is 7. The van der Waals surface area contributed by atoms with Gasteiger partial charge in [-0.15, -0.1) is 0 Å². The van der Waals surface area contributed by atoms with Gasteiger partial charge in [-0.3, -0.25) is 9.59 Å². The number of nitrogens with one attached hydrogen (secondary N) is 2. The molecule has 0 saturated carbocycles. The molecule has 162 valence electrons. The fraction of sp³-hybridized carbons (Fsp3) is 0.318. The summed E-state index contributed by atoms with van der Waals surface area (Å²) in [4.78, 5) is 31.0. The molecule has 0 spiro atoms. The summed E-state index contributed by atoms with van der Waals surface area (Å²) in [6, 6.07) is 13.6. The number of carbonyl (C=O) groups excluding carboxylic acids is 1. The lowest BCUT2D eigenvalue weighted by atomic mass is 9.98. The van der Waals surface area contributed by atoms with Gasteiger partial charge in [-0.25, -0.2) is 4.98 Å². The predicted octanol–water partition coefficient (Wildman–Crippen LogP) is 3.25. The molecule has 2 heterocycles. The molecule has 1 saturated heterocycles. The summed E-state index contributed by atoms with van der Waals surface area (Å²) in [6.45, 7) is 1.33. The van der Waals surface area contributed by atoms with Crippen LogP contribution in [0.3, 0.4) is 0 Å². The van der Waals surface area contributed by atoms with Gasteiger partial charge in [-0.2, -0.15) is 0 Å². The summed E-state index contributed by atoms with van der Waals surface area (Å²) in [5, 5.41) is 26.8. The lowest BCUT2D eigenvalue weighted by Gasteiger charge is -2.30. The van der Waals surface area contributed by atoms with E-state index < -0.39 is 5.97 Å². The number of aliphatic hydroxyl groups excluding tert-OH is 1. The van der Waals surface area contributed by atoms with E-state index in [0.717, 1.165) is 36.7 Å². The minimum absolute atomic E-state index is 0.177. The zero-order chi connectivity index (χ0) is 21.8. The maximum absolute atomic E-state index is 13.0. The van der Waals surface area contributed by atoms with Crippen molar-refractivity contribution < 1.29 is 19.8 Å². The predicted molar refractivity (Wildman–Crippen MR) is 122 cm³/mol. The van der Waals surface area contributed by atoms with Crippen molar-refractivity contribution in [1.29, 1.82) is 0 Å². The molecule has 1 aliphatic heterocycles. The van der Waals surface area contributed by atoms with Crippen molar-refractivity contribution in [3.63, 3.8) is 0 Å². The second kappa shape index (κ2) is 9.32. The monoisotopic (exact) mass is 440 g/mol. The fourth-order valence-electron chi connectivity index (χ4n) is 3.64. The molecule has 3 aromatic rings. The first-order chi connectivity index (χ1) is 15.0. The number of carbonyl (C=O) groups is 2. The Labute approximate surface area is 183 Å². The number of carboxylic acid groups (broad SMARTS) is 1. The number of amides is 1. The van der Waals surface area contributed by atoms with Crippen molar-refractivity contribution in [2.45, 2.75) is 12.8 Å². The molecule has 8 nitrogen and oxygen atoms in total. The highest BCUT2D eigenvalue weighted by atomic mass is 32.1. The molecule has 4 rings (SSSR count). The summed E-state index contributed by atoms with van der Waals surface area (Å²) in [5.41, 5.74) is 0.659. The topological polar surface area (TPSA) is 115 Å². The van der Waals surface area contributed by atoms with Crippen molar-refractivity contribution in [2.24, 2.45) is 5.92 Å². The van der Waals surface area contributed by atoms with E-state index in [-0.39, 0.29) is 30.8 Å². The highest BCUT2D eigenvalue weighted by molar-refractivity contribution is 7.18. The average molecular weight is 441 g/mol. The zero-order valence-corrected chi connectivity index (χ0v) is 17.7. The van der Waals surface area contributed by atoms with Crippen molar-refractivity contribution in [3.05, 3.63) is 47.3 Å². The minimum atomic E-state index is -1.03. The Morgan fingerprint density at radius 1 is 1.13 bits per heavy atom. The summed E-state index contributed by atoms with van der Waals surface area (Å²) >= 11 is 1.24. The van der Waals surface area contributed by atoms with Crippen LogP contribution in [-0.4, -0.2) is 53.3 Å². The number of anilines is 3. The zero-order valence-electron chi connectivity index (χ0n) is 16.9. The van der Waals surface area contributed by atoms with Crippen LogP contribution < -0.4 is 15.5 Å². The second-order valence-corrected chi connectivity index (χ2v) is 8.53. The Morgan fingerprint density at radius 2 is 1.87 bits per heavy atom. The van der Waals surface area contributed by atoms with Gasteiger partial charge < -0.3 is 25.7 Å². The van der Waals surface area contributed by atoms with E-state index in [1.807, 2.05) is 42.5 Å². The van der Waals surface area contributed by atoms with Crippen LogP contribution in [0.5, 0.6) is 0 Å². The second-order valence-electron chi connectivity index (χ2n) is 7.55. The Hall–Kier alpha value is -3.17. The van der Waals surface area contributed by atoms with Gasteiger partial charge in [-0.1, -0.05) is 41.7 Å². The molecule has 2 aromatic carbocycles. The third kappa shape index (κ3) is 4.95. The maximum Gasteiger partial charge on any atom is 0.322 e. The maximum atomic E-state index is 13.0. The van der Waals surface area contributed by atoms with Crippen LogP contribution in [0.1, 0.15) is 22.5 Å². The van der Waals surface area contributed by atoms with E-state index in [0.29, 0.717) is 15.7 Å². The molecule has 0 radical (unpaired) electrons. The number of piperidine rings is 1. The number of hydrogen-bond donors (Lipinski definition) is 4. The molecule has 0 aliphatic carbocycles. The Bertz CT molecular complexity index is 1090. The Morgan fingerprint density at radius 3 is 2.58 bits per heavy atom. The summed E-state index contributed by atoms with van der Waals surface area (Å²) in [7, 11) is 0. The number of rotatable bonds is 7. The third-order valence-corrected chi connectivity index (χ3v) is 6.49. The van der Waals surface area contributed by atoms with Crippen molar-refractivity contribution in [1.82, 2.24) is 4.98 Å². The lowest BCUT2D eigenvalue weighted by molar-refractivity contribution is -0.134. The van der Waals surface area contributed by atoms with Gasteiger partial charge in [0.05, 0.1) is 0 Å². The molecule has 4 N–H and O–H groups in total. The van der Waals surface area contributed by atoms with E-state index in [1.165, 1.54) is 11.3 Å². The van der Waals surface area contributed by atoms with Gasteiger partial charge in [0.25, 0.3) is 5.91 Å². The number of carboxylic acids is 1. The van der Waals surface area contributed by atoms with Gasteiger partial charge in [0.1, 0.15) is 11.4 Å². The van der Waals surface area contributed by atoms with Gasteiger partial charge in [0.2, 0.25) is 0 Å². The summed E-state index contributed by atoms with van der Waals surface area (Å²) in [5.74, 6) is -0.808. The number of thiazole rings is 1. The summed E-state index contributed by atoms with van der Waals surface area (Å²) in [6.07, 6.45) is 1.71. The van der Waals surface area contributed by atoms with Gasteiger partial charge in [-0.05, 0) is 41.7 Å². The Kier molecular flexibility index (Phi) is 6.34. The smallest absolute Gasteiger partial charge is 0.322 e. The largest absolute Gasteiger partial charge is 0.480 e. The van der Waals surface area contributed by atoms with E-state index in [9.17, 15) is 14.7 Å². The van der Waals surface area contributed by atoms with Crippen molar-refractivity contribution >= 4 is 50.6 Å². The number of benzene rings is 2. The first-order valence-electron chi connectivity index (χ1n) is 10.2. The number of aromatic nitrogens is 1. The first-order valence-corrected chi connectivity index (χ1v) is 11.0. The number of aliphatic carboxylic acids is 1. The third-order valence-electron chi connectivity index (χ3n) is 5.38. The van der Waals surface area contributed by atoms with Gasteiger partial charge >= 0.3 is 5.97 Å². The molecule has 31 heavy (non-hydrogen) atoms. The van der Waals surface area contributed by atoms with Crippen LogP contribution in [0.25, 0.3) is 10.8 Å². The highest BCUT2D eigenvalue weighted by Gasteiger charge is 2.25. The summed E-state index contributed by atoms with van der Waals surface area (Å²) < 4.78 is 0. The van der Waals surface area contributed by atoms with Crippen LogP contribution in [0.2, 0.25) is 0 Å². The lowest BCUT2D eigenvalue weighted by Crippen LogP contribution is -2.34. The normalized spacial score (nSPS) is 14.5. The number of fused-ring (bicyclic) bond motifs is 1. The van der Waals surface area contributed by atoms with Gasteiger partial charge in [0.15, 0.2) is 10.9 Å². The molecule has 1 aromatic heterocycles. The molecular weight excluding hydrogens is 416 g/mol. The fourth-order valence-corrected chi connectivity index (χ4v) is 4.63. The molecule has 9 heteroatoms. The highest BCUT2D eigenvalue weighted by Crippen LogP contribution is 2.33. The molecule has 1 aliphatic rings. The van der Waals surface area contributed by atoms with Crippen LogP contribution in [0.4, 0.5) is 16.6 Å². The van der Waals surface area contributed by atoms with Crippen LogP contribution >= 0.6 is 11.3 Å².